The molecule has 0 bridgehead atoms. The molecule has 1 aromatic heterocycles. The standard InChI is InChI=1S/C20H17BrN2O5S/c1-2-26-18(24)6-7-23-14-9-15-16(28-11-27-15)10-17(14)29-20(23)22-19(25)12-4-3-5-13(21)8-12/h3-5,8-10H,2,6-7,11H2,1H3. The Kier molecular flexibility index (Phi) is 5.68. The smallest absolute Gasteiger partial charge is 0.307 e. The predicted octanol–water partition coefficient (Wildman–Crippen LogP) is 3.89. The first kappa shape index (κ1) is 19.7. The van der Waals surface area contributed by atoms with Crippen molar-refractivity contribution in [2.75, 3.05) is 13.4 Å². The molecule has 7 nitrogen and oxygen atoms in total. The quantitative estimate of drug-likeness (QED) is 0.521. The molecule has 0 atom stereocenters. The van der Waals surface area contributed by atoms with Crippen molar-refractivity contribution in [3.8, 4) is 11.5 Å². The fourth-order valence-corrected chi connectivity index (χ4v) is 4.43. The lowest BCUT2D eigenvalue weighted by molar-refractivity contribution is -0.143. The van der Waals surface area contributed by atoms with Crippen molar-refractivity contribution in [2.45, 2.75) is 19.9 Å². The second-order valence-electron chi connectivity index (χ2n) is 6.19. The van der Waals surface area contributed by atoms with Crippen LogP contribution < -0.4 is 14.3 Å². The van der Waals surface area contributed by atoms with Gasteiger partial charge in [0.15, 0.2) is 16.3 Å². The highest BCUT2D eigenvalue weighted by Gasteiger charge is 2.18. The maximum Gasteiger partial charge on any atom is 0.307 e. The van der Waals surface area contributed by atoms with Crippen LogP contribution in [0.25, 0.3) is 10.2 Å². The van der Waals surface area contributed by atoms with Gasteiger partial charge in [0.25, 0.3) is 5.91 Å². The van der Waals surface area contributed by atoms with Crippen LogP contribution in [0, 0.1) is 0 Å². The monoisotopic (exact) mass is 476 g/mol. The molecule has 1 aliphatic rings. The van der Waals surface area contributed by atoms with Gasteiger partial charge in [-0.15, -0.1) is 0 Å². The molecule has 1 aliphatic heterocycles. The van der Waals surface area contributed by atoms with Crippen molar-refractivity contribution in [1.82, 2.24) is 4.57 Å². The highest BCUT2D eigenvalue weighted by atomic mass is 79.9. The molecule has 0 saturated heterocycles. The van der Waals surface area contributed by atoms with Gasteiger partial charge in [-0.25, -0.2) is 0 Å². The first-order chi connectivity index (χ1) is 14.0. The summed E-state index contributed by atoms with van der Waals surface area (Å²) in [5, 5.41) is 0. The van der Waals surface area contributed by atoms with E-state index in [2.05, 4.69) is 20.9 Å². The molecule has 29 heavy (non-hydrogen) atoms. The minimum Gasteiger partial charge on any atom is -0.466 e. The molecule has 0 unspecified atom stereocenters. The van der Waals surface area contributed by atoms with Crippen molar-refractivity contribution < 1.29 is 23.8 Å². The highest BCUT2D eigenvalue weighted by Crippen LogP contribution is 2.37. The van der Waals surface area contributed by atoms with Crippen LogP contribution in [-0.2, 0) is 16.1 Å². The van der Waals surface area contributed by atoms with Gasteiger partial charge in [0, 0.05) is 28.7 Å². The van der Waals surface area contributed by atoms with Crippen LogP contribution in [0.2, 0.25) is 0 Å². The summed E-state index contributed by atoms with van der Waals surface area (Å²) in [4.78, 5) is 29.4. The van der Waals surface area contributed by atoms with Crippen molar-refractivity contribution in [3.63, 3.8) is 0 Å². The summed E-state index contributed by atoms with van der Waals surface area (Å²) in [6.45, 7) is 2.60. The lowest BCUT2D eigenvalue weighted by atomic mass is 10.2. The molecule has 3 aromatic rings. The number of hydrogen-bond donors (Lipinski definition) is 0. The minimum atomic E-state index is -0.359. The molecule has 0 radical (unpaired) electrons. The van der Waals surface area contributed by atoms with Gasteiger partial charge in [0.05, 0.1) is 23.2 Å². The number of amides is 1. The lowest BCUT2D eigenvalue weighted by Gasteiger charge is -2.06. The maximum atomic E-state index is 12.7. The van der Waals surface area contributed by atoms with Crippen LogP contribution in [0.15, 0.2) is 45.9 Å². The number of ether oxygens (including phenoxy) is 3. The Labute approximate surface area is 178 Å². The Hall–Kier alpha value is -2.65. The van der Waals surface area contributed by atoms with Gasteiger partial charge in [0.2, 0.25) is 6.79 Å². The summed E-state index contributed by atoms with van der Waals surface area (Å²) in [5.41, 5.74) is 1.30. The van der Waals surface area contributed by atoms with Gasteiger partial charge in [0.1, 0.15) is 0 Å². The summed E-state index contributed by atoms with van der Waals surface area (Å²) < 4.78 is 19.5. The van der Waals surface area contributed by atoms with E-state index in [4.69, 9.17) is 14.2 Å². The molecule has 0 spiro atoms. The fourth-order valence-electron chi connectivity index (χ4n) is 2.97. The number of esters is 1. The van der Waals surface area contributed by atoms with E-state index >= 15 is 0 Å². The number of nitrogens with zero attached hydrogens (tertiary/aromatic N) is 2. The van der Waals surface area contributed by atoms with Crippen LogP contribution >= 0.6 is 27.3 Å². The van der Waals surface area contributed by atoms with E-state index in [1.54, 1.807) is 25.1 Å². The summed E-state index contributed by atoms with van der Waals surface area (Å²) in [5.74, 6) is 0.623. The Morgan fingerprint density at radius 1 is 1.24 bits per heavy atom. The molecule has 4 rings (SSSR count). The number of aromatic nitrogens is 1. The molecule has 0 fully saturated rings. The van der Waals surface area contributed by atoms with Crippen LogP contribution in [0.5, 0.6) is 11.5 Å². The molecule has 2 heterocycles. The second-order valence-corrected chi connectivity index (χ2v) is 8.12. The van der Waals surface area contributed by atoms with Crippen molar-refractivity contribution >= 4 is 49.4 Å². The number of rotatable bonds is 5. The zero-order chi connectivity index (χ0) is 20.4. The summed E-state index contributed by atoms with van der Waals surface area (Å²) in [7, 11) is 0. The van der Waals surface area contributed by atoms with Gasteiger partial charge in [-0.05, 0) is 25.1 Å². The highest BCUT2D eigenvalue weighted by molar-refractivity contribution is 9.10. The predicted molar refractivity (Wildman–Crippen MR) is 111 cm³/mol. The Balaban J connectivity index is 1.78. The van der Waals surface area contributed by atoms with E-state index in [1.807, 2.05) is 22.8 Å². The van der Waals surface area contributed by atoms with Crippen LogP contribution in [0.3, 0.4) is 0 Å². The fraction of sp³-hybridized carbons (Fsp3) is 0.250. The Morgan fingerprint density at radius 2 is 2.03 bits per heavy atom. The molecule has 0 saturated carbocycles. The SMILES string of the molecule is CCOC(=O)CCn1c(=NC(=O)c2cccc(Br)c2)sc2cc3c(cc21)OCO3. The van der Waals surface area contributed by atoms with Gasteiger partial charge < -0.3 is 18.8 Å². The number of fused-ring (bicyclic) bond motifs is 2. The van der Waals surface area contributed by atoms with E-state index in [0.717, 1.165) is 14.7 Å². The first-order valence-corrected chi connectivity index (χ1v) is 10.6. The van der Waals surface area contributed by atoms with Crippen molar-refractivity contribution in [2.24, 2.45) is 4.99 Å². The topological polar surface area (TPSA) is 79.1 Å². The van der Waals surface area contributed by atoms with Crippen molar-refractivity contribution in [3.05, 3.63) is 51.2 Å². The third kappa shape index (κ3) is 4.20. The van der Waals surface area contributed by atoms with Crippen LogP contribution in [0.1, 0.15) is 23.7 Å². The number of carbonyl (C=O) groups excluding carboxylic acids is 2. The van der Waals surface area contributed by atoms with Crippen LogP contribution in [-0.4, -0.2) is 29.8 Å². The molecule has 9 heteroatoms. The third-order valence-electron chi connectivity index (χ3n) is 4.29. The van der Waals surface area contributed by atoms with Crippen LogP contribution in [0.4, 0.5) is 0 Å². The number of aryl methyl sites for hydroxylation is 1. The first-order valence-electron chi connectivity index (χ1n) is 8.98. The van der Waals surface area contributed by atoms with Crippen molar-refractivity contribution in [1.29, 1.82) is 0 Å². The normalized spacial score (nSPS) is 13.1. The average Bonchev–Trinajstić information content (AvgIpc) is 3.28. The molecular weight excluding hydrogens is 460 g/mol. The largest absolute Gasteiger partial charge is 0.466 e. The molecular formula is C20H17BrN2O5S. The molecule has 0 aliphatic carbocycles. The number of benzene rings is 2. The van der Waals surface area contributed by atoms with E-state index in [9.17, 15) is 9.59 Å². The summed E-state index contributed by atoms with van der Waals surface area (Å²) in [6.07, 6.45) is 0.173. The summed E-state index contributed by atoms with van der Waals surface area (Å²) in [6, 6.07) is 10.8. The maximum absolute atomic E-state index is 12.7. The molecule has 1 amide bonds. The number of halogens is 1. The Bertz CT molecular complexity index is 1170. The second kappa shape index (κ2) is 8.38. The zero-order valence-electron chi connectivity index (χ0n) is 15.5. The van der Waals surface area contributed by atoms with E-state index < -0.39 is 0 Å². The number of thiazole rings is 1. The van der Waals surface area contributed by atoms with E-state index in [0.29, 0.717) is 35.0 Å². The van der Waals surface area contributed by atoms with Gasteiger partial charge >= 0.3 is 5.97 Å². The van der Waals surface area contributed by atoms with Gasteiger partial charge in [-0.3, -0.25) is 9.59 Å². The molecule has 2 aromatic carbocycles. The van der Waals surface area contributed by atoms with Gasteiger partial charge in [-0.2, -0.15) is 4.99 Å². The summed E-state index contributed by atoms with van der Waals surface area (Å²) >= 11 is 4.73. The Morgan fingerprint density at radius 3 is 2.79 bits per heavy atom. The number of carbonyl (C=O) groups is 2. The average molecular weight is 477 g/mol. The third-order valence-corrected chi connectivity index (χ3v) is 5.83. The lowest BCUT2D eigenvalue weighted by Crippen LogP contribution is -2.19. The minimum absolute atomic E-state index is 0.173. The van der Waals surface area contributed by atoms with E-state index in [-0.39, 0.29) is 25.1 Å². The van der Waals surface area contributed by atoms with Gasteiger partial charge in [-0.1, -0.05) is 33.3 Å². The van der Waals surface area contributed by atoms with E-state index in [1.165, 1.54) is 11.3 Å². The zero-order valence-corrected chi connectivity index (χ0v) is 17.9. The number of hydrogen-bond acceptors (Lipinski definition) is 6. The molecule has 0 N–H and O–H groups in total. The molecule has 150 valence electrons.